The maximum absolute atomic E-state index is 12.7. The Morgan fingerprint density at radius 2 is 2.04 bits per heavy atom. The summed E-state index contributed by atoms with van der Waals surface area (Å²) in [5.74, 6) is 1.14. The number of likely N-dealkylation sites (tertiary alicyclic amines) is 1. The van der Waals surface area contributed by atoms with E-state index in [1.54, 1.807) is 0 Å². The van der Waals surface area contributed by atoms with E-state index in [1.807, 2.05) is 47.1 Å². The minimum atomic E-state index is 0.132. The van der Waals surface area contributed by atoms with Crippen molar-refractivity contribution in [3.8, 4) is 22.5 Å². The van der Waals surface area contributed by atoms with E-state index in [9.17, 15) is 4.79 Å². The van der Waals surface area contributed by atoms with Gasteiger partial charge in [0.2, 0.25) is 0 Å². The van der Waals surface area contributed by atoms with Gasteiger partial charge in [-0.15, -0.1) is 0 Å². The zero-order valence-corrected chi connectivity index (χ0v) is 14.7. The monoisotopic (exact) mass is 347 g/mol. The largest absolute Gasteiger partial charge is 0.367 e. The van der Waals surface area contributed by atoms with Gasteiger partial charge < -0.3 is 15.2 Å². The topological polar surface area (TPSA) is 66.0 Å². The van der Waals surface area contributed by atoms with Crippen LogP contribution in [0.5, 0.6) is 0 Å². The number of benzene rings is 1. The molecule has 0 saturated carbocycles. The highest BCUT2D eigenvalue weighted by molar-refractivity contribution is 5.96. The summed E-state index contributed by atoms with van der Waals surface area (Å²) < 4.78 is 1.92. The molecule has 3 aromatic rings. The summed E-state index contributed by atoms with van der Waals surface area (Å²) in [6.07, 6.45) is 4.12. The number of aromatic amines is 1. The number of hydrogen-bond donors (Lipinski definition) is 2. The molecule has 2 aliphatic heterocycles. The van der Waals surface area contributed by atoms with Gasteiger partial charge in [0.1, 0.15) is 5.82 Å². The van der Waals surface area contributed by atoms with Crippen LogP contribution in [0.15, 0.2) is 36.5 Å². The predicted octanol–water partition coefficient (Wildman–Crippen LogP) is 3.24. The van der Waals surface area contributed by atoms with Gasteiger partial charge in [0.25, 0.3) is 5.91 Å². The van der Waals surface area contributed by atoms with Gasteiger partial charge in [0.15, 0.2) is 0 Å². The van der Waals surface area contributed by atoms with Gasteiger partial charge in [0, 0.05) is 49.1 Å². The lowest BCUT2D eigenvalue weighted by molar-refractivity contribution is 0.0793. The molecule has 1 amide bonds. The first-order chi connectivity index (χ1) is 12.7. The molecule has 2 aliphatic rings. The van der Waals surface area contributed by atoms with Crippen molar-refractivity contribution in [2.75, 3.05) is 18.4 Å². The molecule has 1 saturated heterocycles. The van der Waals surface area contributed by atoms with Gasteiger partial charge in [0.05, 0.1) is 11.9 Å². The highest BCUT2D eigenvalue weighted by Crippen LogP contribution is 2.38. The Labute approximate surface area is 151 Å². The Hall–Kier alpha value is -3.02. The van der Waals surface area contributed by atoms with E-state index < -0.39 is 0 Å². The molecule has 132 valence electrons. The van der Waals surface area contributed by atoms with Crippen LogP contribution in [0.2, 0.25) is 0 Å². The number of nitrogens with one attached hydrogen (secondary N) is 2. The Morgan fingerprint density at radius 3 is 2.88 bits per heavy atom. The number of anilines is 1. The van der Waals surface area contributed by atoms with Crippen molar-refractivity contribution in [3.05, 3.63) is 47.7 Å². The number of carbonyl (C=O) groups excluding carboxylic acids is 1. The third-order valence-electron chi connectivity index (χ3n) is 5.36. The van der Waals surface area contributed by atoms with E-state index in [-0.39, 0.29) is 5.91 Å². The van der Waals surface area contributed by atoms with Crippen molar-refractivity contribution < 1.29 is 4.79 Å². The lowest BCUT2D eigenvalue weighted by Gasteiger charge is -2.15. The molecule has 4 heterocycles. The van der Waals surface area contributed by atoms with Crippen LogP contribution in [0.4, 0.5) is 5.82 Å². The Balaban J connectivity index is 1.52. The van der Waals surface area contributed by atoms with Gasteiger partial charge in [-0.1, -0.05) is 12.1 Å². The number of nitrogens with zero attached hydrogens (tertiary/aromatic N) is 3. The van der Waals surface area contributed by atoms with Crippen LogP contribution in [-0.2, 0) is 13.6 Å². The fourth-order valence-corrected chi connectivity index (χ4v) is 4.00. The van der Waals surface area contributed by atoms with E-state index in [2.05, 4.69) is 21.5 Å². The van der Waals surface area contributed by atoms with Crippen LogP contribution in [0.3, 0.4) is 0 Å². The minimum absolute atomic E-state index is 0.132. The summed E-state index contributed by atoms with van der Waals surface area (Å²) in [7, 11) is 1.97. The summed E-state index contributed by atoms with van der Waals surface area (Å²) in [5.41, 5.74) is 6.25. The van der Waals surface area contributed by atoms with Crippen molar-refractivity contribution >= 4 is 11.7 Å². The average Bonchev–Trinajstić information content (AvgIpc) is 3.40. The summed E-state index contributed by atoms with van der Waals surface area (Å²) in [6, 6.07) is 10.0. The number of rotatable bonds is 2. The summed E-state index contributed by atoms with van der Waals surface area (Å²) in [6.45, 7) is 2.50. The highest BCUT2D eigenvalue weighted by atomic mass is 16.2. The summed E-state index contributed by atoms with van der Waals surface area (Å²) in [4.78, 5) is 18.1. The first kappa shape index (κ1) is 15.3. The van der Waals surface area contributed by atoms with E-state index in [0.29, 0.717) is 0 Å². The lowest BCUT2D eigenvalue weighted by Crippen LogP contribution is -2.27. The second-order valence-corrected chi connectivity index (χ2v) is 7.05. The number of amides is 1. The predicted molar refractivity (Wildman–Crippen MR) is 101 cm³/mol. The number of aromatic nitrogens is 3. The first-order valence-corrected chi connectivity index (χ1v) is 9.08. The zero-order valence-electron chi connectivity index (χ0n) is 14.7. The van der Waals surface area contributed by atoms with Crippen molar-refractivity contribution in [2.24, 2.45) is 7.05 Å². The normalized spacial score (nSPS) is 15.5. The highest BCUT2D eigenvalue weighted by Gasteiger charge is 2.23. The Bertz CT molecular complexity index is 994. The van der Waals surface area contributed by atoms with Crippen LogP contribution in [0.1, 0.15) is 28.8 Å². The molecule has 0 bridgehead atoms. The molecular formula is C20H21N5O. The SMILES string of the molecule is Cn1ncc2c1-c1cc(-c3cccc(C(=O)N4CCCC4)c3)[nH]c1NC2. The summed E-state index contributed by atoms with van der Waals surface area (Å²) >= 11 is 0. The number of carbonyl (C=O) groups is 1. The van der Waals surface area contributed by atoms with Crippen molar-refractivity contribution in [1.29, 1.82) is 0 Å². The average molecular weight is 347 g/mol. The van der Waals surface area contributed by atoms with Crippen molar-refractivity contribution in [2.45, 2.75) is 19.4 Å². The zero-order chi connectivity index (χ0) is 17.7. The number of hydrogen-bond acceptors (Lipinski definition) is 3. The fraction of sp³-hybridized carbons (Fsp3) is 0.300. The van der Waals surface area contributed by atoms with Crippen molar-refractivity contribution in [1.82, 2.24) is 19.7 Å². The van der Waals surface area contributed by atoms with E-state index in [1.165, 1.54) is 5.56 Å². The van der Waals surface area contributed by atoms with Crippen LogP contribution >= 0.6 is 0 Å². The van der Waals surface area contributed by atoms with E-state index >= 15 is 0 Å². The molecule has 0 atom stereocenters. The quantitative estimate of drug-likeness (QED) is 0.748. The Kier molecular flexibility index (Phi) is 3.38. The molecule has 2 aromatic heterocycles. The third kappa shape index (κ3) is 2.33. The minimum Gasteiger partial charge on any atom is -0.367 e. The van der Waals surface area contributed by atoms with Gasteiger partial charge in [-0.3, -0.25) is 9.48 Å². The molecular weight excluding hydrogens is 326 g/mol. The second-order valence-electron chi connectivity index (χ2n) is 7.05. The molecule has 1 fully saturated rings. The summed E-state index contributed by atoms with van der Waals surface area (Å²) in [5, 5.41) is 7.79. The van der Waals surface area contributed by atoms with Crippen LogP contribution < -0.4 is 5.32 Å². The number of H-pyrrole nitrogens is 1. The number of fused-ring (bicyclic) bond motifs is 3. The van der Waals surface area contributed by atoms with Crippen LogP contribution in [-0.4, -0.2) is 38.7 Å². The molecule has 0 spiro atoms. The van der Waals surface area contributed by atoms with Gasteiger partial charge in [-0.2, -0.15) is 5.10 Å². The number of aryl methyl sites for hydroxylation is 1. The molecule has 6 heteroatoms. The molecule has 1 aromatic carbocycles. The molecule has 6 nitrogen and oxygen atoms in total. The van der Waals surface area contributed by atoms with Gasteiger partial charge >= 0.3 is 0 Å². The lowest BCUT2D eigenvalue weighted by atomic mass is 10.0. The fourth-order valence-electron chi connectivity index (χ4n) is 4.00. The maximum atomic E-state index is 12.7. The van der Waals surface area contributed by atoms with Gasteiger partial charge in [-0.05, 0) is 36.6 Å². The molecule has 5 rings (SSSR count). The Morgan fingerprint density at radius 1 is 1.19 bits per heavy atom. The van der Waals surface area contributed by atoms with E-state index in [4.69, 9.17) is 0 Å². The molecule has 0 radical (unpaired) electrons. The molecule has 0 unspecified atom stereocenters. The second kappa shape index (κ2) is 5.76. The van der Waals surface area contributed by atoms with Gasteiger partial charge in [-0.25, -0.2) is 0 Å². The van der Waals surface area contributed by atoms with E-state index in [0.717, 1.165) is 66.4 Å². The van der Waals surface area contributed by atoms with Crippen LogP contribution in [0, 0.1) is 0 Å². The molecule has 26 heavy (non-hydrogen) atoms. The first-order valence-electron chi connectivity index (χ1n) is 9.08. The maximum Gasteiger partial charge on any atom is 0.253 e. The standard InChI is InChI=1S/C20H21N5O/c1-24-18-15(12-22-24)11-21-19-16(18)10-17(23-19)13-5-4-6-14(9-13)20(26)25-7-2-3-8-25/h4-6,9-10,12,21,23H,2-3,7-8,11H2,1H3. The van der Waals surface area contributed by atoms with Crippen LogP contribution in [0.25, 0.3) is 22.5 Å². The molecule has 2 N–H and O–H groups in total. The molecule has 0 aliphatic carbocycles. The van der Waals surface area contributed by atoms with Crippen molar-refractivity contribution in [3.63, 3.8) is 0 Å². The third-order valence-corrected chi connectivity index (χ3v) is 5.36. The smallest absolute Gasteiger partial charge is 0.253 e.